The van der Waals surface area contributed by atoms with E-state index in [4.69, 9.17) is 9.84 Å². The average Bonchev–Trinajstić information content (AvgIpc) is 2.90. The van der Waals surface area contributed by atoms with Gasteiger partial charge in [-0.1, -0.05) is 18.2 Å². The molecule has 1 atom stereocenters. The molecular formula is C15H19NO2S. The molecule has 0 saturated heterocycles. The second-order valence-corrected chi connectivity index (χ2v) is 5.52. The molecule has 0 aliphatic heterocycles. The van der Waals surface area contributed by atoms with E-state index >= 15 is 0 Å². The maximum absolute atomic E-state index is 9.15. The van der Waals surface area contributed by atoms with Crippen LogP contribution in [0.1, 0.15) is 17.4 Å². The molecule has 0 radical (unpaired) electrons. The van der Waals surface area contributed by atoms with E-state index in [2.05, 4.69) is 16.8 Å². The Morgan fingerprint density at radius 2 is 2.05 bits per heavy atom. The van der Waals surface area contributed by atoms with E-state index in [9.17, 15) is 0 Å². The second kappa shape index (κ2) is 7.28. The van der Waals surface area contributed by atoms with Gasteiger partial charge in [0.1, 0.15) is 12.4 Å². The predicted molar refractivity (Wildman–Crippen MR) is 78.5 cm³/mol. The molecule has 2 rings (SSSR count). The molecular weight excluding hydrogens is 258 g/mol. The SMILES string of the molecule is C[C@@H](O)CNCc1ccc(OCc2cccs2)cc1. The third kappa shape index (κ3) is 5.03. The number of hydrogen-bond donors (Lipinski definition) is 2. The molecule has 0 amide bonds. The van der Waals surface area contributed by atoms with E-state index in [0.29, 0.717) is 13.2 Å². The van der Waals surface area contributed by atoms with Crippen LogP contribution in [0.4, 0.5) is 0 Å². The molecule has 0 fully saturated rings. The lowest BCUT2D eigenvalue weighted by Crippen LogP contribution is -2.23. The van der Waals surface area contributed by atoms with E-state index in [1.807, 2.05) is 30.3 Å². The van der Waals surface area contributed by atoms with Gasteiger partial charge in [-0.05, 0) is 36.1 Å². The summed E-state index contributed by atoms with van der Waals surface area (Å²) in [5.74, 6) is 0.882. The molecule has 19 heavy (non-hydrogen) atoms. The van der Waals surface area contributed by atoms with E-state index in [1.54, 1.807) is 18.3 Å². The topological polar surface area (TPSA) is 41.5 Å². The third-order valence-corrected chi connectivity index (χ3v) is 3.50. The van der Waals surface area contributed by atoms with Crippen LogP contribution < -0.4 is 10.1 Å². The van der Waals surface area contributed by atoms with Crippen molar-refractivity contribution >= 4 is 11.3 Å². The van der Waals surface area contributed by atoms with Gasteiger partial charge in [0.2, 0.25) is 0 Å². The van der Waals surface area contributed by atoms with Gasteiger partial charge in [0, 0.05) is 18.0 Å². The minimum atomic E-state index is -0.312. The monoisotopic (exact) mass is 277 g/mol. The van der Waals surface area contributed by atoms with Crippen LogP contribution in [0.2, 0.25) is 0 Å². The van der Waals surface area contributed by atoms with Gasteiger partial charge in [-0.25, -0.2) is 0 Å². The van der Waals surface area contributed by atoms with Gasteiger partial charge >= 0.3 is 0 Å². The number of benzene rings is 1. The van der Waals surface area contributed by atoms with E-state index < -0.39 is 0 Å². The molecule has 2 N–H and O–H groups in total. The molecule has 1 aromatic heterocycles. The Kier molecular flexibility index (Phi) is 5.39. The van der Waals surface area contributed by atoms with Crippen molar-refractivity contribution in [3.05, 3.63) is 52.2 Å². The summed E-state index contributed by atoms with van der Waals surface area (Å²) >= 11 is 1.70. The second-order valence-electron chi connectivity index (χ2n) is 4.49. The van der Waals surface area contributed by atoms with Gasteiger partial charge < -0.3 is 15.2 Å². The fourth-order valence-corrected chi connectivity index (χ4v) is 2.29. The average molecular weight is 277 g/mol. The van der Waals surface area contributed by atoms with Gasteiger partial charge in [0.05, 0.1) is 6.10 Å². The molecule has 0 aliphatic carbocycles. The fraction of sp³-hybridized carbons (Fsp3) is 0.333. The summed E-state index contributed by atoms with van der Waals surface area (Å²) in [6, 6.07) is 12.1. The predicted octanol–water partition coefficient (Wildman–Crippen LogP) is 2.80. The van der Waals surface area contributed by atoms with Crippen LogP contribution in [0.5, 0.6) is 5.75 Å². The van der Waals surface area contributed by atoms with Crippen LogP contribution in [0.25, 0.3) is 0 Å². The number of aliphatic hydroxyl groups is 1. The highest BCUT2D eigenvalue weighted by molar-refractivity contribution is 7.09. The smallest absolute Gasteiger partial charge is 0.122 e. The molecule has 0 spiro atoms. The number of hydrogen-bond acceptors (Lipinski definition) is 4. The lowest BCUT2D eigenvalue weighted by molar-refractivity contribution is 0.191. The standard InChI is InChI=1S/C15H19NO2S/c1-12(17)9-16-10-13-4-6-14(7-5-13)18-11-15-3-2-8-19-15/h2-8,12,16-17H,9-11H2,1H3/t12-/m1/s1. The minimum Gasteiger partial charge on any atom is -0.488 e. The molecule has 0 bridgehead atoms. The first kappa shape index (κ1) is 14.1. The van der Waals surface area contributed by atoms with Crippen molar-refractivity contribution in [1.82, 2.24) is 5.32 Å². The highest BCUT2D eigenvalue weighted by atomic mass is 32.1. The maximum atomic E-state index is 9.15. The van der Waals surface area contributed by atoms with Crippen molar-refractivity contribution in [2.45, 2.75) is 26.2 Å². The number of aliphatic hydroxyl groups excluding tert-OH is 1. The van der Waals surface area contributed by atoms with Crippen LogP contribution in [0, 0.1) is 0 Å². The molecule has 3 nitrogen and oxygen atoms in total. The lowest BCUT2D eigenvalue weighted by Gasteiger charge is -2.08. The van der Waals surface area contributed by atoms with Crippen molar-refractivity contribution in [3.63, 3.8) is 0 Å². The van der Waals surface area contributed by atoms with E-state index in [1.165, 1.54) is 10.4 Å². The third-order valence-electron chi connectivity index (χ3n) is 2.65. The first-order chi connectivity index (χ1) is 9.24. The van der Waals surface area contributed by atoms with Crippen LogP contribution in [0.15, 0.2) is 41.8 Å². The molecule has 4 heteroatoms. The molecule has 0 saturated carbocycles. The summed E-state index contributed by atoms with van der Waals surface area (Å²) < 4.78 is 5.70. The number of ether oxygens (including phenoxy) is 1. The molecule has 1 aromatic carbocycles. The van der Waals surface area contributed by atoms with E-state index in [0.717, 1.165) is 12.3 Å². The summed E-state index contributed by atoms with van der Waals surface area (Å²) in [7, 11) is 0. The Morgan fingerprint density at radius 1 is 1.26 bits per heavy atom. The van der Waals surface area contributed by atoms with Crippen molar-refractivity contribution in [2.24, 2.45) is 0 Å². The summed E-state index contributed by atoms with van der Waals surface area (Å²) in [5, 5.41) is 14.4. The number of thiophene rings is 1. The zero-order valence-corrected chi connectivity index (χ0v) is 11.8. The summed E-state index contributed by atoms with van der Waals surface area (Å²) in [6.07, 6.45) is -0.312. The van der Waals surface area contributed by atoms with Crippen LogP contribution >= 0.6 is 11.3 Å². The summed E-state index contributed by atoms with van der Waals surface area (Å²) in [5.41, 5.74) is 1.18. The van der Waals surface area contributed by atoms with Gasteiger partial charge in [-0.2, -0.15) is 0 Å². The van der Waals surface area contributed by atoms with Crippen molar-refractivity contribution in [3.8, 4) is 5.75 Å². The Labute approximate surface area is 117 Å². The minimum absolute atomic E-state index is 0.312. The molecule has 0 unspecified atom stereocenters. The zero-order chi connectivity index (χ0) is 13.5. The van der Waals surface area contributed by atoms with Gasteiger partial charge in [-0.15, -0.1) is 11.3 Å². The number of nitrogens with one attached hydrogen (secondary N) is 1. The quantitative estimate of drug-likeness (QED) is 0.817. The summed E-state index contributed by atoms with van der Waals surface area (Å²) in [4.78, 5) is 1.22. The first-order valence-corrected chi connectivity index (χ1v) is 7.25. The Morgan fingerprint density at radius 3 is 2.68 bits per heavy atom. The first-order valence-electron chi connectivity index (χ1n) is 6.37. The molecule has 1 heterocycles. The highest BCUT2D eigenvalue weighted by Gasteiger charge is 1.99. The van der Waals surface area contributed by atoms with Gasteiger partial charge in [-0.3, -0.25) is 0 Å². The Hall–Kier alpha value is -1.36. The van der Waals surface area contributed by atoms with Crippen molar-refractivity contribution in [2.75, 3.05) is 6.54 Å². The molecule has 102 valence electrons. The van der Waals surface area contributed by atoms with E-state index in [-0.39, 0.29) is 6.10 Å². The fourth-order valence-electron chi connectivity index (χ4n) is 1.68. The Bertz CT molecular complexity index is 465. The number of rotatable bonds is 7. The van der Waals surface area contributed by atoms with Crippen LogP contribution in [0.3, 0.4) is 0 Å². The largest absolute Gasteiger partial charge is 0.488 e. The molecule has 2 aromatic rings. The Balaban J connectivity index is 1.77. The maximum Gasteiger partial charge on any atom is 0.122 e. The lowest BCUT2D eigenvalue weighted by atomic mass is 10.2. The zero-order valence-electron chi connectivity index (χ0n) is 11.0. The normalized spacial score (nSPS) is 12.3. The van der Waals surface area contributed by atoms with Gasteiger partial charge in [0.25, 0.3) is 0 Å². The molecule has 0 aliphatic rings. The van der Waals surface area contributed by atoms with Crippen LogP contribution in [-0.4, -0.2) is 17.8 Å². The van der Waals surface area contributed by atoms with Crippen molar-refractivity contribution < 1.29 is 9.84 Å². The van der Waals surface area contributed by atoms with Gasteiger partial charge in [0.15, 0.2) is 0 Å². The van der Waals surface area contributed by atoms with Crippen LogP contribution in [-0.2, 0) is 13.2 Å². The summed E-state index contributed by atoms with van der Waals surface area (Å²) in [6.45, 7) is 3.76. The highest BCUT2D eigenvalue weighted by Crippen LogP contribution is 2.16. The van der Waals surface area contributed by atoms with Crippen molar-refractivity contribution in [1.29, 1.82) is 0 Å².